The first kappa shape index (κ1) is 12.5. The SMILES string of the molecule is Cc1cccc(OC(C)C)c1-c1cnn(C)c1N. The van der Waals surface area contributed by atoms with Gasteiger partial charge in [-0.1, -0.05) is 12.1 Å². The van der Waals surface area contributed by atoms with E-state index in [-0.39, 0.29) is 6.10 Å². The van der Waals surface area contributed by atoms with E-state index in [0.29, 0.717) is 5.82 Å². The minimum atomic E-state index is 0.128. The van der Waals surface area contributed by atoms with Crippen LogP contribution in [0.5, 0.6) is 5.75 Å². The maximum absolute atomic E-state index is 6.05. The molecule has 4 heteroatoms. The number of ether oxygens (including phenoxy) is 1. The molecule has 0 saturated heterocycles. The van der Waals surface area contributed by atoms with Gasteiger partial charge in [-0.2, -0.15) is 5.10 Å². The van der Waals surface area contributed by atoms with Crippen molar-refractivity contribution in [1.82, 2.24) is 9.78 Å². The van der Waals surface area contributed by atoms with Crippen molar-refractivity contribution in [2.75, 3.05) is 5.73 Å². The lowest BCUT2D eigenvalue weighted by molar-refractivity contribution is 0.243. The lowest BCUT2D eigenvalue weighted by atomic mass is 10.0. The van der Waals surface area contributed by atoms with E-state index in [4.69, 9.17) is 10.5 Å². The van der Waals surface area contributed by atoms with Crippen molar-refractivity contribution in [2.24, 2.45) is 7.05 Å². The molecule has 0 aliphatic rings. The molecule has 96 valence electrons. The molecule has 0 atom stereocenters. The van der Waals surface area contributed by atoms with Gasteiger partial charge < -0.3 is 10.5 Å². The molecular formula is C14H19N3O. The summed E-state index contributed by atoms with van der Waals surface area (Å²) in [5.74, 6) is 1.50. The summed E-state index contributed by atoms with van der Waals surface area (Å²) in [4.78, 5) is 0. The highest BCUT2D eigenvalue weighted by Crippen LogP contribution is 2.36. The zero-order valence-electron chi connectivity index (χ0n) is 11.3. The van der Waals surface area contributed by atoms with E-state index in [1.807, 2.05) is 33.0 Å². The number of nitrogens with zero attached hydrogens (tertiary/aromatic N) is 2. The molecule has 0 unspecified atom stereocenters. The van der Waals surface area contributed by atoms with Crippen LogP contribution in [0.3, 0.4) is 0 Å². The van der Waals surface area contributed by atoms with Gasteiger partial charge in [0, 0.05) is 18.2 Å². The van der Waals surface area contributed by atoms with Gasteiger partial charge in [0.05, 0.1) is 12.3 Å². The molecule has 18 heavy (non-hydrogen) atoms. The molecule has 4 nitrogen and oxygen atoms in total. The van der Waals surface area contributed by atoms with E-state index in [1.165, 1.54) is 0 Å². The van der Waals surface area contributed by atoms with E-state index >= 15 is 0 Å². The van der Waals surface area contributed by atoms with Gasteiger partial charge in [0.2, 0.25) is 0 Å². The quantitative estimate of drug-likeness (QED) is 0.904. The first-order valence-electron chi connectivity index (χ1n) is 6.04. The van der Waals surface area contributed by atoms with Crippen LogP contribution < -0.4 is 10.5 Å². The first-order chi connectivity index (χ1) is 8.50. The second kappa shape index (κ2) is 4.72. The molecular weight excluding hydrogens is 226 g/mol. The Kier molecular flexibility index (Phi) is 3.28. The molecule has 0 spiro atoms. The highest BCUT2D eigenvalue weighted by atomic mass is 16.5. The van der Waals surface area contributed by atoms with Crippen molar-refractivity contribution < 1.29 is 4.74 Å². The fourth-order valence-electron chi connectivity index (χ4n) is 1.98. The van der Waals surface area contributed by atoms with Gasteiger partial charge in [-0.05, 0) is 32.4 Å². The number of benzene rings is 1. The Labute approximate surface area is 107 Å². The lowest BCUT2D eigenvalue weighted by Crippen LogP contribution is -2.07. The number of anilines is 1. The number of nitrogen functional groups attached to an aromatic ring is 1. The summed E-state index contributed by atoms with van der Waals surface area (Å²) in [7, 11) is 1.83. The van der Waals surface area contributed by atoms with Crippen molar-refractivity contribution in [3.63, 3.8) is 0 Å². The molecule has 2 rings (SSSR count). The highest BCUT2D eigenvalue weighted by molar-refractivity contribution is 5.80. The average Bonchev–Trinajstić information content (AvgIpc) is 2.60. The van der Waals surface area contributed by atoms with Crippen molar-refractivity contribution in [3.05, 3.63) is 30.0 Å². The third-order valence-electron chi connectivity index (χ3n) is 2.85. The molecule has 0 fully saturated rings. The van der Waals surface area contributed by atoms with Gasteiger partial charge in [0.15, 0.2) is 0 Å². The predicted octanol–water partition coefficient (Wildman–Crippen LogP) is 2.76. The van der Waals surface area contributed by atoms with Gasteiger partial charge >= 0.3 is 0 Å². The molecule has 1 heterocycles. The van der Waals surface area contributed by atoms with Crippen LogP contribution >= 0.6 is 0 Å². The number of aromatic nitrogens is 2. The maximum Gasteiger partial charge on any atom is 0.129 e. The van der Waals surface area contributed by atoms with Gasteiger partial charge in [0.1, 0.15) is 11.6 Å². The largest absolute Gasteiger partial charge is 0.490 e. The number of aryl methyl sites for hydroxylation is 2. The smallest absolute Gasteiger partial charge is 0.129 e. The van der Waals surface area contributed by atoms with Crippen LogP contribution in [0.1, 0.15) is 19.4 Å². The van der Waals surface area contributed by atoms with Crippen molar-refractivity contribution in [3.8, 4) is 16.9 Å². The molecule has 0 radical (unpaired) electrons. The average molecular weight is 245 g/mol. The van der Waals surface area contributed by atoms with Gasteiger partial charge in [-0.25, -0.2) is 0 Å². The second-order valence-electron chi connectivity index (χ2n) is 4.68. The van der Waals surface area contributed by atoms with Gasteiger partial charge in [0.25, 0.3) is 0 Å². The number of hydrogen-bond acceptors (Lipinski definition) is 3. The molecule has 0 aliphatic heterocycles. The molecule has 2 N–H and O–H groups in total. The van der Waals surface area contributed by atoms with Gasteiger partial charge in [-0.3, -0.25) is 4.68 Å². The fourth-order valence-corrected chi connectivity index (χ4v) is 1.98. The Morgan fingerprint density at radius 2 is 2.06 bits per heavy atom. The molecule has 2 aromatic rings. The monoisotopic (exact) mass is 245 g/mol. The zero-order valence-corrected chi connectivity index (χ0v) is 11.3. The van der Waals surface area contributed by atoms with Crippen molar-refractivity contribution >= 4 is 5.82 Å². The van der Waals surface area contributed by atoms with Crippen LogP contribution in [0.2, 0.25) is 0 Å². The molecule has 0 aliphatic carbocycles. The van der Waals surface area contributed by atoms with E-state index < -0.39 is 0 Å². The van der Waals surface area contributed by atoms with Gasteiger partial charge in [-0.15, -0.1) is 0 Å². The van der Waals surface area contributed by atoms with Crippen LogP contribution in [0.4, 0.5) is 5.82 Å². The Balaban J connectivity index is 2.58. The number of hydrogen-bond donors (Lipinski definition) is 1. The minimum Gasteiger partial charge on any atom is -0.490 e. The third-order valence-corrected chi connectivity index (χ3v) is 2.85. The summed E-state index contributed by atoms with van der Waals surface area (Å²) in [5.41, 5.74) is 9.13. The summed E-state index contributed by atoms with van der Waals surface area (Å²) in [6.07, 6.45) is 1.91. The molecule has 0 bridgehead atoms. The van der Waals surface area contributed by atoms with Crippen molar-refractivity contribution in [1.29, 1.82) is 0 Å². The number of rotatable bonds is 3. The maximum atomic E-state index is 6.05. The predicted molar refractivity (Wildman–Crippen MR) is 73.6 cm³/mol. The molecule has 1 aromatic heterocycles. The summed E-state index contributed by atoms with van der Waals surface area (Å²) in [5, 5.41) is 4.19. The van der Waals surface area contributed by atoms with Crippen LogP contribution in [0.25, 0.3) is 11.1 Å². The Morgan fingerprint density at radius 3 is 2.61 bits per heavy atom. The normalized spacial score (nSPS) is 10.9. The minimum absolute atomic E-state index is 0.128. The topological polar surface area (TPSA) is 53.1 Å². The molecule has 1 aromatic carbocycles. The Morgan fingerprint density at radius 1 is 1.33 bits per heavy atom. The van der Waals surface area contributed by atoms with Crippen LogP contribution in [-0.4, -0.2) is 15.9 Å². The highest BCUT2D eigenvalue weighted by Gasteiger charge is 2.15. The standard InChI is InChI=1S/C14H19N3O/c1-9(2)18-12-7-5-6-10(3)13(12)11-8-16-17(4)14(11)15/h5-9H,15H2,1-4H3. The van der Waals surface area contributed by atoms with Crippen LogP contribution in [0.15, 0.2) is 24.4 Å². The summed E-state index contributed by atoms with van der Waals surface area (Å²) in [6, 6.07) is 6.01. The van der Waals surface area contributed by atoms with Crippen molar-refractivity contribution in [2.45, 2.75) is 26.9 Å². The molecule has 0 saturated carbocycles. The summed E-state index contributed by atoms with van der Waals surface area (Å²) < 4.78 is 7.52. The van der Waals surface area contributed by atoms with E-state index in [0.717, 1.165) is 22.4 Å². The zero-order chi connectivity index (χ0) is 13.3. The number of nitrogens with two attached hydrogens (primary N) is 1. The Hall–Kier alpha value is -1.97. The molecule has 0 amide bonds. The van der Waals surface area contributed by atoms with Crippen LogP contribution in [-0.2, 0) is 7.05 Å². The summed E-state index contributed by atoms with van der Waals surface area (Å²) >= 11 is 0. The summed E-state index contributed by atoms with van der Waals surface area (Å²) in [6.45, 7) is 6.08. The van der Waals surface area contributed by atoms with Crippen LogP contribution in [0, 0.1) is 6.92 Å². The Bertz CT molecular complexity index is 558. The lowest BCUT2D eigenvalue weighted by Gasteiger charge is -2.16. The second-order valence-corrected chi connectivity index (χ2v) is 4.68. The van der Waals surface area contributed by atoms with E-state index in [2.05, 4.69) is 18.1 Å². The van der Waals surface area contributed by atoms with E-state index in [9.17, 15) is 0 Å². The third kappa shape index (κ3) is 2.18. The first-order valence-corrected chi connectivity index (χ1v) is 6.04. The fraction of sp³-hybridized carbons (Fsp3) is 0.357. The van der Waals surface area contributed by atoms with E-state index in [1.54, 1.807) is 10.9 Å².